The zero-order chi connectivity index (χ0) is 27.7. The lowest BCUT2D eigenvalue weighted by Crippen LogP contribution is -2.56. The molecule has 2 aromatic rings. The number of likely N-dealkylation sites (N-methyl/N-ethyl adjacent to an activating group) is 2. The number of nitrogens with zero attached hydrogens (tertiary/aromatic N) is 3. The number of piperidine rings is 1. The molecule has 1 N–H and O–H groups in total. The summed E-state index contributed by atoms with van der Waals surface area (Å²) in [4.78, 5) is 30.2. The van der Waals surface area contributed by atoms with E-state index in [1.807, 2.05) is 12.1 Å². The molecule has 1 spiro atoms. The fourth-order valence-corrected chi connectivity index (χ4v) is 8.16. The molecule has 7 nitrogen and oxygen atoms in total. The maximum absolute atomic E-state index is 13.2. The highest BCUT2D eigenvalue weighted by Gasteiger charge is 2.52. The minimum atomic E-state index is -1.09. The number of carbonyl (C=O) groups is 2. The molecule has 2 atom stereocenters. The van der Waals surface area contributed by atoms with Crippen LogP contribution in [0.5, 0.6) is 0 Å². The molecule has 2 amide bonds. The van der Waals surface area contributed by atoms with Crippen LogP contribution in [-0.2, 0) is 32.0 Å². The lowest BCUT2D eigenvalue weighted by molar-refractivity contribution is -0.131. The second-order valence-electron chi connectivity index (χ2n) is 10.3. The molecular weight excluding hydrogens is 545 g/mol. The Kier molecular flexibility index (Phi) is 8.89. The standard InChI is InChI=1S/C28H35Cl2N3O4S/c1-4-25(34)31(2)19-27(32(3)26(35)36,21-9-10-23(29)24(30)17-21)11-14-33-15-12-28(13-16-33)22-8-6-5-7-20(22)18-38(28)37/h5-10,17H,4,11-16,18-19H2,1-3H3,(H,35,36)/t27?,38-/m0/s1. The van der Waals surface area contributed by atoms with Crippen molar-refractivity contribution < 1.29 is 19.2 Å². The zero-order valence-corrected chi connectivity index (χ0v) is 24.4. The van der Waals surface area contributed by atoms with Crippen LogP contribution in [0.3, 0.4) is 0 Å². The van der Waals surface area contributed by atoms with Gasteiger partial charge in [0.2, 0.25) is 5.91 Å². The lowest BCUT2D eigenvalue weighted by atomic mass is 9.83. The van der Waals surface area contributed by atoms with Crippen LogP contribution in [0.1, 0.15) is 49.3 Å². The number of amides is 2. The third kappa shape index (κ3) is 5.39. The van der Waals surface area contributed by atoms with Crippen molar-refractivity contribution in [2.24, 2.45) is 0 Å². The van der Waals surface area contributed by atoms with Gasteiger partial charge in [0, 0.05) is 70.7 Å². The number of fused-ring (bicyclic) bond motifs is 2. The topological polar surface area (TPSA) is 87.2 Å². The van der Waals surface area contributed by atoms with E-state index < -0.39 is 22.8 Å². The molecule has 0 bridgehead atoms. The molecule has 1 unspecified atom stereocenters. The summed E-state index contributed by atoms with van der Waals surface area (Å²) in [7, 11) is 3.24. The van der Waals surface area contributed by atoms with Crippen LogP contribution >= 0.6 is 23.2 Å². The summed E-state index contributed by atoms with van der Waals surface area (Å²) >= 11 is 11.6. The van der Waals surface area contributed by atoms with Gasteiger partial charge in [0.15, 0.2) is 4.75 Å². The molecule has 4 rings (SSSR count). The Bertz CT molecular complexity index is 1190. The van der Waals surface area contributed by atoms with Gasteiger partial charge in [-0.05, 0) is 35.3 Å². The molecule has 38 heavy (non-hydrogen) atoms. The van der Waals surface area contributed by atoms with Gasteiger partial charge in [-0.2, -0.15) is 0 Å². The maximum Gasteiger partial charge on any atom is 0.407 e. The van der Waals surface area contributed by atoms with Crippen molar-refractivity contribution in [3.05, 3.63) is 69.2 Å². The third-order valence-corrected chi connectivity index (χ3v) is 11.2. The van der Waals surface area contributed by atoms with Gasteiger partial charge in [-0.15, -0.1) is 0 Å². The molecule has 0 aromatic heterocycles. The van der Waals surface area contributed by atoms with Gasteiger partial charge < -0.3 is 19.5 Å². The van der Waals surface area contributed by atoms with Crippen LogP contribution in [0.4, 0.5) is 4.79 Å². The van der Waals surface area contributed by atoms with Crippen LogP contribution in [-0.4, -0.2) is 76.6 Å². The largest absolute Gasteiger partial charge is 0.615 e. The summed E-state index contributed by atoms with van der Waals surface area (Å²) in [5, 5.41) is 10.8. The van der Waals surface area contributed by atoms with E-state index in [0.29, 0.717) is 40.7 Å². The fourth-order valence-electron chi connectivity index (χ4n) is 5.97. The zero-order valence-electron chi connectivity index (χ0n) is 22.1. The van der Waals surface area contributed by atoms with Crippen molar-refractivity contribution in [2.75, 3.05) is 40.3 Å². The summed E-state index contributed by atoms with van der Waals surface area (Å²) in [6.45, 7) is 4.09. The molecule has 206 valence electrons. The molecule has 0 aliphatic carbocycles. The molecule has 1 saturated heterocycles. The average Bonchev–Trinajstić information content (AvgIpc) is 3.18. The van der Waals surface area contributed by atoms with Gasteiger partial charge in [0.05, 0.1) is 15.6 Å². The molecule has 10 heteroatoms. The highest BCUT2D eigenvalue weighted by molar-refractivity contribution is 7.92. The highest BCUT2D eigenvalue weighted by atomic mass is 35.5. The molecule has 2 heterocycles. The fraction of sp³-hybridized carbons (Fsp3) is 0.500. The number of carboxylic acid groups (broad SMARTS) is 1. The van der Waals surface area contributed by atoms with E-state index in [-0.39, 0.29) is 17.2 Å². The van der Waals surface area contributed by atoms with E-state index in [4.69, 9.17) is 23.2 Å². The Balaban J connectivity index is 1.60. The molecule has 0 saturated carbocycles. The molecule has 2 aliphatic rings. The first-order chi connectivity index (χ1) is 18.0. The quantitative estimate of drug-likeness (QED) is 0.428. The van der Waals surface area contributed by atoms with E-state index in [2.05, 4.69) is 17.0 Å². The summed E-state index contributed by atoms with van der Waals surface area (Å²) in [5.41, 5.74) is 2.04. The van der Waals surface area contributed by atoms with Crippen molar-refractivity contribution in [1.82, 2.24) is 14.7 Å². The van der Waals surface area contributed by atoms with E-state index in [9.17, 15) is 19.2 Å². The van der Waals surface area contributed by atoms with Gasteiger partial charge in [-0.25, -0.2) is 4.79 Å². The second kappa shape index (κ2) is 11.6. The Morgan fingerprint density at radius 3 is 2.45 bits per heavy atom. The maximum atomic E-state index is 13.2. The second-order valence-corrected chi connectivity index (χ2v) is 12.9. The Labute approximate surface area is 237 Å². The molecule has 0 radical (unpaired) electrons. The van der Waals surface area contributed by atoms with Crippen molar-refractivity contribution >= 4 is 46.4 Å². The smallest absolute Gasteiger partial charge is 0.407 e. The molecule has 2 aliphatic heterocycles. The number of rotatable bonds is 8. The molecule has 1 fully saturated rings. The van der Waals surface area contributed by atoms with Crippen molar-refractivity contribution in [1.29, 1.82) is 0 Å². The molecule has 2 aromatic carbocycles. The SMILES string of the molecule is CCC(=O)N(C)CC(CCN1CCC2(CC1)c1ccccc1C[S@+]2[O-])(c1ccc(Cl)c(Cl)c1)N(C)C(=O)O. The van der Waals surface area contributed by atoms with Gasteiger partial charge in [0.25, 0.3) is 0 Å². The van der Waals surface area contributed by atoms with Gasteiger partial charge in [-0.3, -0.25) is 9.69 Å². The van der Waals surface area contributed by atoms with Crippen LogP contribution < -0.4 is 0 Å². The number of benzene rings is 2. The van der Waals surface area contributed by atoms with Crippen LogP contribution in [0.15, 0.2) is 42.5 Å². The number of carbonyl (C=O) groups excluding carboxylic acids is 1. The predicted molar refractivity (Wildman–Crippen MR) is 152 cm³/mol. The van der Waals surface area contributed by atoms with Crippen molar-refractivity contribution in [3.8, 4) is 0 Å². The van der Waals surface area contributed by atoms with Crippen LogP contribution in [0, 0.1) is 0 Å². The van der Waals surface area contributed by atoms with Crippen LogP contribution in [0.2, 0.25) is 10.0 Å². The Hall–Kier alpha value is -1.97. The number of hydrogen-bond donors (Lipinski definition) is 1. The molecular formula is C28H35Cl2N3O4S. The average molecular weight is 581 g/mol. The minimum Gasteiger partial charge on any atom is -0.615 e. The normalized spacial score (nSPS) is 20.1. The van der Waals surface area contributed by atoms with Crippen molar-refractivity contribution in [3.63, 3.8) is 0 Å². The Morgan fingerprint density at radius 2 is 1.82 bits per heavy atom. The monoisotopic (exact) mass is 579 g/mol. The van der Waals surface area contributed by atoms with Crippen LogP contribution in [0.25, 0.3) is 0 Å². The third-order valence-electron chi connectivity index (χ3n) is 8.35. The van der Waals surface area contributed by atoms with E-state index in [1.54, 1.807) is 44.1 Å². The lowest BCUT2D eigenvalue weighted by Gasteiger charge is -2.45. The predicted octanol–water partition coefficient (Wildman–Crippen LogP) is 5.31. The number of hydrogen-bond acceptors (Lipinski definition) is 4. The van der Waals surface area contributed by atoms with E-state index in [0.717, 1.165) is 25.9 Å². The summed E-state index contributed by atoms with van der Waals surface area (Å²) in [6, 6.07) is 13.4. The summed E-state index contributed by atoms with van der Waals surface area (Å²) in [5.74, 6) is 0.535. The minimum absolute atomic E-state index is 0.0736. The van der Waals surface area contributed by atoms with Gasteiger partial charge in [0.1, 0.15) is 5.75 Å². The number of halogens is 2. The van der Waals surface area contributed by atoms with Crippen molar-refractivity contribution in [2.45, 2.75) is 48.6 Å². The van der Waals surface area contributed by atoms with E-state index >= 15 is 0 Å². The highest BCUT2D eigenvalue weighted by Crippen LogP contribution is 2.49. The summed E-state index contributed by atoms with van der Waals surface area (Å²) in [6.07, 6.45) is 1.25. The van der Waals surface area contributed by atoms with E-state index in [1.165, 1.54) is 16.0 Å². The van der Waals surface area contributed by atoms with Gasteiger partial charge in [-0.1, -0.05) is 60.5 Å². The summed E-state index contributed by atoms with van der Waals surface area (Å²) < 4.78 is 12.9. The first-order valence-corrected chi connectivity index (χ1v) is 15.0. The first-order valence-electron chi connectivity index (χ1n) is 12.9. The van der Waals surface area contributed by atoms with Gasteiger partial charge >= 0.3 is 6.09 Å². The Morgan fingerprint density at radius 1 is 1.13 bits per heavy atom. The first kappa shape index (κ1) is 29.0. The number of likely N-dealkylation sites (tertiary alicyclic amines) is 1.